The molecule has 2 aromatic rings. The lowest BCUT2D eigenvalue weighted by atomic mass is 9.97. The lowest BCUT2D eigenvalue weighted by molar-refractivity contribution is -0.143. The Kier molecular flexibility index (Phi) is 14.5. The third-order valence-corrected chi connectivity index (χ3v) is 8.80. The third kappa shape index (κ3) is 10.4. The number of carbonyl (C=O) groups is 1. The molecule has 0 radical (unpaired) electrons. The highest BCUT2D eigenvalue weighted by Gasteiger charge is 2.40. The monoisotopic (exact) mass is 741 g/mol. The summed E-state index contributed by atoms with van der Waals surface area (Å²) in [4.78, 5) is 19.1. The van der Waals surface area contributed by atoms with Crippen LogP contribution in [0.5, 0.6) is 0 Å². The van der Waals surface area contributed by atoms with Gasteiger partial charge in [-0.3, -0.25) is 14.6 Å². The summed E-state index contributed by atoms with van der Waals surface area (Å²) in [6.07, 6.45) is -14.2. The predicted molar refractivity (Wildman–Crippen MR) is 165 cm³/mol. The summed E-state index contributed by atoms with van der Waals surface area (Å²) in [5.74, 6) is -1.02. The van der Waals surface area contributed by atoms with Gasteiger partial charge in [-0.1, -0.05) is 12.1 Å². The van der Waals surface area contributed by atoms with Crippen LogP contribution in [0.3, 0.4) is 0 Å². The van der Waals surface area contributed by atoms with E-state index in [2.05, 4.69) is 4.90 Å². The molecule has 2 aromatic carbocycles. The molecule has 2 saturated heterocycles. The molecule has 17 heteroatoms. The second kappa shape index (κ2) is 16.6. The molecule has 0 aliphatic carbocycles. The zero-order valence-electron chi connectivity index (χ0n) is 26.3. The number of likely N-dealkylation sites (tertiary alicyclic amines) is 1. The molecule has 2 aliphatic heterocycles. The molecule has 0 aromatic heterocycles. The molecule has 6 nitrogen and oxygen atoms in total. The number of rotatable bonds is 8. The number of hydrogen-bond acceptors (Lipinski definition) is 5. The van der Waals surface area contributed by atoms with Crippen LogP contribution in [-0.4, -0.2) is 98.4 Å². The fourth-order valence-electron chi connectivity index (χ4n) is 6.13. The van der Waals surface area contributed by atoms with Crippen LogP contribution in [0.1, 0.15) is 46.0 Å². The molecule has 2 aliphatic rings. The molecule has 48 heavy (non-hydrogen) atoms. The van der Waals surface area contributed by atoms with Gasteiger partial charge in [-0.15, -0.1) is 24.8 Å². The van der Waals surface area contributed by atoms with Crippen LogP contribution < -0.4 is 0 Å². The van der Waals surface area contributed by atoms with Crippen molar-refractivity contribution in [2.75, 3.05) is 53.5 Å². The predicted octanol–water partition coefficient (Wildman–Crippen LogP) is 7.08. The van der Waals surface area contributed by atoms with Gasteiger partial charge in [-0.2, -0.15) is 39.5 Å². The third-order valence-electron chi connectivity index (χ3n) is 8.80. The minimum absolute atomic E-state index is 0. The summed E-state index contributed by atoms with van der Waals surface area (Å²) in [5, 5.41) is 0. The molecule has 2 fully saturated rings. The zero-order valence-corrected chi connectivity index (χ0v) is 27.9. The van der Waals surface area contributed by atoms with E-state index in [1.807, 2.05) is 11.8 Å². The zero-order chi connectivity index (χ0) is 34.0. The van der Waals surface area contributed by atoms with Gasteiger partial charge < -0.3 is 14.4 Å². The fourth-order valence-corrected chi connectivity index (χ4v) is 6.13. The summed E-state index contributed by atoms with van der Waals surface area (Å²) in [7, 11) is 3.25. The van der Waals surface area contributed by atoms with Crippen LogP contribution in [0.4, 0.5) is 39.5 Å². The Morgan fingerprint density at radius 2 is 1.33 bits per heavy atom. The Hall–Kier alpha value is -2.30. The maximum atomic E-state index is 13.6. The van der Waals surface area contributed by atoms with Crippen molar-refractivity contribution >= 4 is 30.7 Å². The second-order valence-corrected chi connectivity index (χ2v) is 11.7. The van der Waals surface area contributed by atoms with Gasteiger partial charge in [0.2, 0.25) is 0 Å². The SMILES string of the molecule is COC1C[C@@H](OC)[C@@H](C)N(CCN2CCN(C(=O)c3cc(C(F)(F)F)cc(C(F)(F)F)c3)[C@H](Cc3ccc(C(F)(F)F)cc3)C2)C1.Cl.Cl. The summed E-state index contributed by atoms with van der Waals surface area (Å²) in [6, 6.07) is 4.36. The van der Waals surface area contributed by atoms with Gasteiger partial charge in [0, 0.05) is 77.6 Å². The molecular formula is C31H38Cl2F9N3O3. The van der Waals surface area contributed by atoms with Gasteiger partial charge in [0.25, 0.3) is 5.91 Å². The first-order chi connectivity index (χ1) is 21.4. The number of hydrogen-bond donors (Lipinski definition) is 0. The Labute approximate surface area is 285 Å². The van der Waals surface area contributed by atoms with Gasteiger partial charge in [0.15, 0.2) is 0 Å². The molecule has 2 heterocycles. The molecular weight excluding hydrogens is 704 g/mol. The van der Waals surface area contributed by atoms with Crippen LogP contribution in [0, 0.1) is 0 Å². The van der Waals surface area contributed by atoms with Crippen LogP contribution >= 0.6 is 24.8 Å². The van der Waals surface area contributed by atoms with E-state index in [1.165, 1.54) is 17.0 Å². The first-order valence-corrected chi connectivity index (χ1v) is 14.7. The Bertz CT molecular complexity index is 1310. The number of benzene rings is 2. The molecule has 4 rings (SSSR count). The summed E-state index contributed by atoms with van der Waals surface area (Å²) in [5.41, 5.74) is -4.44. The number of alkyl halides is 9. The van der Waals surface area contributed by atoms with Crippen molar-refractivity contribution in [2.45, 2.75) is 62.6 Å². The smallest absolute Gasteiger partial charge is 0.380 e. The number of amides is 1. The molecule has 1 unspecified atom stereocenters. The van der Waals surface area contributed by atoms with E-state index in [-0.39, 0.29) is 75.2 Å². The van der Waals surface area contributed by atoms with Crippen molar-refractivity contribution in [3.05, 3.63) is 70.3 Å². The fraction of sp³-hybridized carbons (Fsp3) is 0.581. The number of piperazine rings is 1. The summed E-state index contributed by atoms with van der Waals surface area (Å²) in [6.45, 7) is 4.26. The summed E-state index contributed by atoms with van der Waals surface area (Å²) < 4.78 is 132. The Morgan fingerprint density at radius 1 is 0.771 bits per heavy atom. The lowest BCUT2D eigenvalue weighted by Gasteiger charge is -2.45. The average molecular weight is 743 g/mol. The van der Waals surface area contributed by atoms with Crippen molar-refractivity contribution in [1.82, 2.24) is 14.7 Å². The van der Waals surface area contributed by atoms with E-state index in [1.54, 1.807) is 14.2 Å². The van der Waals surface area contributed by atoms with E-state index < -0.39 is 52.7 Å². The van der Waals surface area contributed by atoms with E-state index >= 15 is 0 Å². The van der Waals surface area contributed by atoms with Gasteiger partial charge in [0.05, 0.1) is 28.9 Å². The standard InChI is InChI=1S/C31H36F9N3O3.2ClH/c1-19-27(46-3)16-26(45-2)18-42(19)10-8-41-9-11-43(25(17-41)12-20-4-6-22(7-5-20)29(32,33)34)28(44)21-13-23(30(35,36)37)15-24(14-21)31(38,39)40;;/h4-7,13-15,19,25-27H,8-12,16-18H2,1-3H3;2*1H/t19-,25-,26?,27-;;/m1../s1. The Balaban J connectivity index is 0.00000400. The molecule has 0 bridgehead atoms. The van der Waals surface area contributed by atoms with E-state index in [0.717, 1.165) is 18.6 Å². The maximum absolute atomic E-state index is 13.6. The van der Waals surface area contributed by atoms with Crippen LogP contribution in [-0.2, 0) is 34.4 Å². The normalized spacial score (nSPS) is 23.0. The second-order valence-electron chi connectivity index (χ2n) is 11.7. The maximum Gasteiger partial charge on any atom is 0.416 e. The van der Waals surface area contributed by atoms with Crippen molar-refractivity contribution < 1.29 is 53.8 Å². The van der Waals surface area contributed by atoms with Crippen LogP contribution in [0.15, 0.2) is 42.5 Å². The average Bonchev–Trinajstić information content (AvgIpc) is 2.99. The number of piperidine rings is 1. The van der Waals surface area contributed by atoms with Crippen molar-refractivity contribution in [2.24, 2.45) is 0 Å². The number of methoxy groups -OCH3 is 2. The van der Waals surface area contributed by atoms with Crippen molar-refractivity contribution in [1.29, 1.82) is 0 Å². The van der Waals surface area contributed by atoms with Crippen LogP contribution in [0.25, 0.3) is 0 Å². The minimum atomic E-state index is -5.14. The van der Waals surface area contributed by atoms with Crippen LogP contribution in [0.2, 0.25) is 0 Å². The lowest BCUT2D eigenvalue weighted by Crippen LogP contribution is -2.58. The van der Waals surface area contributed by atoms with Gasteiger partial charge in [-0.25, -0.2) is 0 Å². The summed E-state index contributed by atoms with van der Waals surface area (Å²) >= 11 is 0. The van der Waals surface area contributed by atoms with Crippen molar-refractivity contribution in [3.8, 4) is 0 Å². The van der Waals surface area contributed by atoms with E-state index in [0.29, 0.717) is 37.3 Å². The number of ether oxygens (including phenoxy) is 2. The molecule has 272 valence electrons. The van der Waals surface area contributed by atoms with E-state index in [9.17, 15) is 44.3 Å². The molecule has 0 N–H and O–H groups in total. The molecule has 0 saturated carbocycles. The van der Waals surface area contributed by atoms with E-state index in [4.69, 9.17) is 9.47 Å². The van der Waals surface area contributed by atoms with Gasteiger partial charge >= 0.3 is 18.5 Å². The first kappa shape index (κ1) is 41.9. The molecule has 0 spiro atoms. The van der Waals surface area contributed by atoms with Crippen molar-refractivity contribution in [3.63, 3.8) is 0 Å². The Morgan fingerprint density at radius 3 is 1.83 bits per heavy atom. The number of nitrogens with zero attached hydrogens (tertiary/aromatic N) is 3. The quantitative estimate of drug-likeness (QED) is 0.271. The largest absolute Gasteiger partial charge is 0.416 e. The highest BCUT2D eigenvalue weighted by atomic mass is 35.5. The molecule has 4 atom stereocenters. The van der Waals surface area contributed by atoms with Gasteiger partial charge in [-0.05, 0) is 49.2 Å². The number of carbonyl (C=O) groups excluding carboxylic acids is 1. The highest BCUT2D eigenvalue weighted by Crippen LogP contribution is 2.37. The number of halogens is 11. The van der Waals surface area contributed by atoms with Gasteiger partial charge in [0.1, 0.15) is 0 Å². The first-order valence-electron chi connectivity index (χ1n) is 14.7. The molecule has 1 amide bonds. The minimum Gasteiger partial charge on any atom is -0.380 e. The topological polar surface area (TPSA) is 45.3 Å². The highest BCUT2D eigenvalue weighted by molar-refractivity contribution is 5.95.